The highest BCUT2D eigenvalue weighted by atomic mass is 32.2. The fourth-order valence-corrected chi connectivity index (χ4v) is 3.31. The van der Waals surface area contributed by atoms with Gasteiger partial charge in [-0.05, 0) is 55.0 Å². The van der Waals surface area contributed by atoms with Crippen LogP contribution in [0.4, 0.5) is 0 Å². The van der Waals surface area contributed by atoms with Gasteiger partial charge in [0.05, 0.1) is 13.7 Å². The molecular formula is C20H21N3O3S. The van der Waals surface area contributed by atoms with E-state index >= 15 is 0 Å². The molecule has 0 unspecified atom stereocenters. The van der Waals surface area contributed by atoms with Crippen LogP contribution in [0, 0.1) is 0 Å². The highest BCUT2D eigenvalue weighted by Gasteiger charge is 2.11. The average Bonchev–Trinajstić information content (AvgIpc) is 3.08. The zero-order chi connectivity index (χ0) is 19.1. The fraction of sp³-hybridized carbons (Fsp3) is 0.250. The number of benzene rings is 2. The Morgan fingerprint density at radius 2 is 1.74 bits per heavy atom. The second-order valence-electron chi connectivity index (χ2n) is 5.83. The number of hydrogen-bond donors (Lipinski definition) is 0. The zero-order valence-electron chi connectivity index (χ0n) is 15.3. The Morgan fingerprint density at radius 1 is 1.04 bits per heavy atom. The first kappa shape index (κ1) is 19.0. The molecule has 3 aromatic rings. The van der Waals surface area contributed by atoms with E-state index in [9.17, 15) is 4.79 Å². The third-order valence-electron chi connectivity index (χ3n) is 3.99. The topological polar surface area (TPSA) is 66.2 Å². The number of aldehydes is 1. The lowest BCUT2D eigenvalue weighted by Crippen LogP contribution is -2.00. The molecule has 0 saturated heterocycles. The Morgan fingerprint density at radius 3 is 2.41 bits per heavy atom. The van der Waals surface area contributed by atoms with Crippen molar-refractivity contribution < 1.29 is 14.3 Å². The van der Waals surface area contributed by atoms with E-state index in [0.29, 0.717) is 12.2 Å². The Hall–Kier alpha value is -2.80. The minimum absolute atomic E-state index is 0.608. The van der Waals surface area contributed by atoms with Gasteiger partial charge in [-0.1, -0.05) is 11.8 Å². The predicted octanol–water partition coefficient (Wildman–Crippen LogP) is 3.86. The van der Waals surface area contributed by atoms with Crippen molar-refractivity contribution in [1.82, 2.24) is 14.8 Å². The normalized spacial score (nSPS) is 10.6. The lowest BCUT2D eigenvalue weighted by molar-refractivity contribution is 0.112. The zero-order valence-corrected chi connectivity index (χ0v) is 16.1. The van der Waals surface area contributed by atoms with Gasteiger partial charge in [0, 0.05) is 23.9 Å². The number of aromatic nitrogens is 3. The molecule has 0 amide bonds. The van der Waals surface area contributed by atoms with E-state index < -0.39 is 0 Å². The number of methoxy groups -OCH3 is 1. The summed E-state index contributed by atoms with van der Waals surface area (Å²) >= 11 is 1.65. The van der Waals surface area contributed by atoms with Crippen LogP contribution in [0.15, 0.2) is 53.7 Å². The van der Waals surface area contributed by atoms with Crippen molar-refractivity contribution in [2.75, 3.05) is 19.5 Å². The summed E-state index contributed by atoms with van der Waals surface area (Å²) in [5, 5.41) is 9.45. The smallest absolute Gasteiger partial charge is 0.191 e. The second-order valence-corrected chi connectivity index (χ2v) is 6.89. The number of nitrogens with zero attached hydrogens (tertiary/aromatic N) is 3. The van der Waals surface area contributed by atoms with Crippen LogP contribution in [-0.2, 0) is 7.05 Å². The molecule has 0 fully saturated rings. The van der Waals surface area contributed by atoms with E-state index in [1.165, 1.54) is 0 Å². The first-order valence-corrected chi connectivity index (χ1v) is 9.54. The quantitative estimate of drug-likeness (QED) is 0.317. The van der Waals surface area contributed by atoms with Crippen molar-refractivity contribution in [2.24, 2.45) is 7.05 Å². The van der Waals surface area contributed by atoms with E-state index in [4.69, 9.17) is 9.47 Å². The number of carbonyl (C=O) groups excluding carboxylic acids is 1. The highest BCUT2D eigenvalue weighted by molar-refractivity contribution is 7.99. The summed E-state index contributed by atoms with van der Waals surface area (Å²) in [7, 11) is 3.61. The third-order valence-corrected chi connectivity index (χ3v) is 5.09. The van der Waals surface area contributed by atoms with Gasteiger partial charge in [0.15, 0.2) is 11.0 Å². The van der Waals surface area contributed by atoms with Crippen LogP contribution < -0.4 is 9.47 Å². The fourth-order valence-electron chi connectivity index (χ4n) is 2.49. The van der Waals surface area contributed by atoms with Crippen molar-refractivity contribution in [1.29, 1.82) is 0 Å². The van der Waals surface area contributed by atoms with Gasteiger partial charge in [-0.3, -0.25) is 4.79 Å². The standard InChI is InChI=1S/C20H21N3O3S/c1-23-19(16-6-10-17(25-2)11-7-16)21-22-20(23)27-13-3-12-26-18-8-4-15(14-24)5-9-18/h4-11,14H,3,12-13H2,1-2H3. The minimum atomic E-state index is 0.608. The molecule has 0 bridgehead atoms. The molecule has 7 heteroatoms. The molecule has 0 aliphatic carbocycles. The van der Waals surface area contributed by atoms with E-state index in [0.717, 1.165) is 46.5 Å². The van der Waals surface area contributed by atoms with E-state index in [1.54, 1.807) is 43.1 Å². The second kappa shape index (κ2) is 9.23. The Balaban J connectivity index is 1.48. The van der Waals surface area contributed by atoms with Crippen molar-refractivity contribution in [3.05, 3.63) is 54.1 Å². The van der Waals surface area contributed by atoms with Crippen LogP contribution >= 0.6 is 11.8 Å². The molecule has 0 radical (unpaired) electrons. The van der Waals surface area contributed by atoms with Crippen molar-refractivity contribution in [3.8, 4) is 22.9 Å². The third kappa shape index (κ3) is 4.89. The summed E-state index contributed by atoms with van der Waals surface area (Å²) in [6.45, 7) is 0.608. The first-order valence-electron chi connectivity index (χ1n) is 8.56. The van der Waals surface area contributed by atoms with E-state index in [2.05, 4.69) is 10.2 Å². The van der Waals surface area contributed by atoms with Gasteiger partial charge < -0.3 is 14.0 Å². The van der Waals surface area contributed by atoms with Crippen molar-refractivity contribution >= 4 is 18.0 Å². The van der Waals surface area contributed by atoms with E-state index in [-0.39, 0.29) is 0 Å². The molecule has 2 aromatic carbocycles. The minimum Gasteiger partial charge on any atom is -0.497 e. The van der Waals surface area contributed by atoms with Crippen LogP contribution in [0.5, 0.6) is 11.5 Å². The number of thioether (sulfide) groups is 1. The SMILES string of the molecule is COc1ccc(-c2nnc(SCCCOc3ccc(C=O)cc3)n2C)cc1. The van der Waals surface area contributed by atoms with Gasteiger partial charge in [0.2, 0.25) is 0 Å². The highest BCUT2D eigenvalue weighted by Crippen LogP contribution is 2.24. The van der Waals surface area contributed by atoms with Gasteiger partial charge in [0.25, 0.3) is 0 Å². The van der Waals surface area contributed by atoms with Crippen LogP contribution in [-0.4, -0.2) is 40.5 Å². The summed E-state index contributed by atoms with van der Waals surface area (Å²) in [4.78, 5) is 10.6. The molecule has 0 aliphatic heterocycles. The molecule has 0 atom stereocenters. The molecule has 0 N–H and O–H groups in total. The Labute approximate surface area is 162 Å². The van der Waals surface area contributed by atoms with Crippen LogP contribution in [0.25, 0.3) is 11.4 Å². The molecule has 140 valence electrons. The number of ether oxygens (including phenoxy) is 2. The molecule has 6 nitrogen and oxygen atoms in total. The van der Waals surface area contributed by atoms with Gasteiger partial charge in [0.1, 0.15) is 17.8 Å². The molecule has 27 heavy (non-hydrogen) atoms. The molecule has 1 heterocycles. The largest absolute Gasteiger partial charge is 0.497 e. The first-order chi connectivity index (χ1) is 13.2. The number of rotatable bonds is 9. The van der Waals surface area contributed by atoms with Gasteiger partial charge in [-0.25, -0.2) is 0 Å². The molecule has 0 aliphatic rings. The van der Waals surface area contributed by atoms with Crippen molar-refractivity contribution in [2.45, 2.75) is 11.6 Å². The number of hydrogen-bond acceptors (Lipinski definition) is 6. The lowest BCUT2D eigenvalue weighted by atomic mass is 10.2. The Bertz CT molecular complexity index is 876. The Kier molecular flexibility index (Phi) is 6.49. The average molecular weight is 383 g/mol. The predicted molar refractivity (Wildman–Crippen MR) is 106 cm³/mol. The summed E-state index contributed by atoms with van der Waals surface area (Å²) in [6.07, 6.45) is 1.70. The monoisotopic (exact) mass is 383 g/mol. The molecule has 0 spiro atoms. The maximum atomic E-state index is 10.6. The van der Waals surface area contributed by atoms with Crippen LogP contribution in [0.1, 0.15) is 16.8 Å². The summed E-state index contributed by atoms with van der Waals surface area (Å²) in [5.41, 5.74) is 1.65. The van der Waals surface area contributed by atoms with Crippen LogP contribution in [0.3, 0.4) is 0 Å². The summed E-state index contributed by atoms with van der Waals surface area (Å²) < 4.78 is 12.9. The van der Waals surface area contributed by atoms with Gasteiger partial charge >= 0.3 is 0 Å². The maximum absolute atomic E-state index is 10.6. The lowest BCUT2D eigenvalue weighted by Gasteiger charge is -2.07. The molecule has 1 aromatic heterocycles. The molecule has 3 rings (SSSR count). The summed E-state index contributed by atoms with van der Waals surface area (Å²) in [6, 6.07) is 14.9. The van der Waals surface area contributed by atoms with Crippen molar-refractivity contribution in [3.63, 3.8) is 0 Å². The van der Waals surface area contributed by atoms with E-state index in [1.807, 2.05) is 35.9 Å². The van der Waals surface area contributed by atoms with Gasteiger partial charge in [-0.15, -0.1) is 10.2 Å². The van der Waals surface area contributed by atoms with Gasteiger partial charge in [-0.2, -0.15) is 0 Å². The summed E-state index contributed by atoms with van der Waals surface area (Å²) in [5.74, 6) is 3.29. The van der Waals surface area contributed by atoms with Crippen LogP contribution in [0.2, 0.25) is 0 Å². The molecular weight excluding hydrogens is 362 g/mol. The number of carbonyl (C=O) groups is 1. The maximum Gasteiger partial charge on any atom is 0.191 e. The molecule has 0 saturated carbocycles.